The molecule has 1 heterocycles. The summed E-state index contributed by atoms with van der Waals surface area (Å²) in [5, 5.41) is 4.02. The van der Waals surface area contributed by atoms with Gasteiger partial charge >= 0.3 is 0 Å². The number of anilines is 2. The number of nitrogens with zero attached hydrogens (tertiary/aromatic N) is 2. The SMILES string of the molecule is CCCCCCOc1cc(N(CC)CC)ccc1/C=C(\C(=O)Nc1ccccc1)c1ccc2c(ccc[n+]2CC(C)=O)c1. The fourth-order valence-corrected chi connectivity index (χ4v) is 5.24. The van der Waals surface area contributed by atoms with Gasteiger partial charge in [0.2, 0.25) is 12.1 Å². The number of pyridine rings is 1. The van der Waals surface area contributed by atoms with Crippen LogP contribution in [0.3, 0.4) is 0 Å². The lowest BCUT2D eigenvalue weighted by Crippen LogP contribution is -2.37. The number of Topliss-reactive ketones (excluding diaryl/α,β-unsaturated/α-hetero) is 1. The summed E-state index contributed by atoms with van der Waals surface area (Å²) >= 11 is 0. The third-order valence-corrected chi connectivity index (χ3v) is 7.54. The van der Waals surface area contributed by atoms with Gasteiger partial charge in [-0.2, -0.15) is 4.57 Å². The lowest BCUT2D eigenvalue weighted by molar-refractivity contribution is -0.658. The number of aromatic nitrogens is 1. The molecule has 4 aromatic rings. The number of ketones is 1. The second-order valence-electron chi connectivity index (χ2n) is 10.8. The first-order valence-electron chi connectivity index (χ1n) is 15.4. The highest BCUT2D eigenvalue weighted by molar-refractivity contribution is 6.29. The summed E-state index contributed by atoms with van der Waals surface area (Å²) in [6, 6.07) is 25.6. The molecule has 0 saturated heterocycles. The molecule has 224 valence electrons. The fraction of sp³-hybridized carbons (Fsp3) is 0.324. The minimum atomic E-state index is -0.209. The molecule has 0 aliphatic heterocycles. The van der Waals surface area contributed by atoms with Crippen molar-refractivity contribution in [2.24, 2.45) is 0 Å². The summed E-state index contributed by atoms with van der Waals surface area (Å²) in [7, 11) is 0. The summed E-state index contributed by atoms with van der Waals surface area (Å²) < 4.78 is 8.32. The molecule has 6 heteroatoms. The Hall–Kier alpha value is -4.45. The van der Waals surface area contributed by atoms with Gasteiger partial charge < -0.3 is 15.0 Å². The highest BCUT2D eigenvalue weighted by Gasteiger charge is 2.18. The van der Waals surface area contributed by atoms with Crippen molar-refractivity contribution in [1.82, 2.24) is 0 Å². The molecule has 0 aliphatic rings. The van der Waals surface area contributed by atoms with Gasteiger partial charge in [0.05, 0.1) is 6.61 Å². The zero-order valence-corrected chi connectivity index (χ0v) is 25.9. The van der Waals surface area contributed by atoms with E-state index in [9.17, 15) is 9.59 Å². The van der Waals surface area contributed by atoms with E-state index >= 15 is 0 Å². The highest BCUT2D eigenvalue weighted by atomic mass is 16.5. The number of nitrogens with one attached hydrogen (secondary N) is 1. The van der Waals surface area contributed by atoms with Crippen molar-refractivity contribution in [3.05, 3.63) is 96.2 Å². The zero-order valence-electron chi connectivity index (χ0n) is 25.9. The monoisotopic (exact) mass is 578 g/mol. The Morgan fingerprint density at radius 3 is 2.40 bits per heavy atom. The van der Waals surface area contributed by atoms with Gasteiger partial charge in [-0.25, -0.2) is 0 Å². The van der Waals surface area contributed by atoms with Crippen molar-refractivity contribution >= 4 is 45.6 Å². The van der Waals surface area contributed by atoms with Gasteiger partial charge in [-0.15, -0.1) is 0 Å². The molecule has 0 saturated carbocycles. The number of rotatable bonds is 15. The molecule has 0 atom stereocenters. The molecule has 1 aromatic heterocycles. The second kappa shape index (κ2) is 15.7. The number of benzene rings is 3. The summed E-state index contributed by atoms with van der Waals surface area (Å²) in [5.41, 5.74) is 4.92. The minimum Gasteiger partial charge on any atom is -0.493 e. The van der Waals surface area contributed by atoms with Crippen LogP contribution in [0.4, 0.5) is 11.4 Å². The number of fused-ring (bicyclic) bond motifs is 1. The van der Waals surface area contributed by atoms with Crippen LogP contribution in [0, 0.1) is 0 Å². The normalized spacial score (nSPS) is 11.4. The maximum absolute atomic E-state index is 13.9. The van der Waals surface area contributed by atoms with Gasteiger partial charge in [0, 0.05) is 66.1 Å². The van der Waals surface area contributed by atoms with Crippen molar-refractivity contribution in [3.63, 3.8) is 0 Å². The predicted octanol–water partition coefficient (Wildman–Crippen LogP) is 7.70. The molecule has 0 fully saturated rings. The smallest absolute Gasteiger partial charge is 0.256 e. The summed E-state index contributed by atoms with van der Waals surface area (Å²) in [6.45, 7) is 10.8. The molecule has 0 bridgehead atoms. The molecular formula is C37H44N3O3+. The number of para-hydroxylation sites is 1. The number of carbonyl (C=O) groups excluding carboxylic acids is 2. The number of hydrogen-bond donors (Lipinski definition) is 1. The molecule has 0 radical (unpaired) electrons. The van der Waals surface area contributed by atoms with Crippen LogP contribution in [-0.2, 0) is 16.1 Å². The molecule has 4 rings (SSSR count). The third-order valence-electron chi connectivity index (χ3n) is 7.54. The van der Waals surface area contributed by atoms with Gasteiger partial charge in [-0.05, 0) is 74.4 Å². The molecule has 0 spiro atoms. The van der Waals surface area contributed by atoms with Gasteiger partial charge in [-0.1, -0.05) is 44.4 Å². The zero-order chi connectivity index (χ0) is 30.6. The maximum Gasteiger partial charge on any atom is 0.256 e. The van der Waals surface area contributed by atoms with E-state index in [4.69, 9.17) is 4.74 Å². The van der Waals surface area contributed by atoms with Gasteiger partial charge in [0.1, 0.15) is 5.75 Å². The molecular weight excluding hydrogens is 534 g/mol. The molecule has 3 aromatic carbocycles. The van der Waals surface area contributed by atoms with Crippen LogP contribution < -0.4 is 19.5 Å². The Morgan fingerprint density at radius 2 is 1.67 bits per heavy atom. The summed E-state index contributed by atoms with van der Waals surface area (Å²) in [6.07, 6.45) is 8.31. The minimum absolute atomic E-state index is 0.0831. The average molecular weight is 579 g/mol. The number of carbonyl (C=O) groups is 2. The average Bonchev–Trinajstić information content (AvgIpc) is 3.01. The first kappa shape index (κ1) is 31.5. The maximum atomic E-state index is 13.9. The van der Waals surface area contributed by atoms with E-state index in [1.54, 1.807) is 6.92 Å². The molecule has 0 aliphatic carbocycles. The van der Waals surface area contributed by atoms with Crippen LogP contribution in [0.15, 0.2) is 85.1 Å². The van der Waals surface area contributed by atoms with Crippen molar-refractivity contribution in [1.29, 1.82) is 0 Å². The number of unbranched alkanes of at least 4 members (excludes halogenated alkanes) is 3. The van der Waals surface area contributed by atoms with Crippen LogP contribution in [0.2, 0.25) is 0 Å². The quantitative estimate of drug-likeness (QED) is 0.0680. The van der Waals surface area contributed by atoms with E-state index in [1.807, 2.05) is 83.6 Å². The standard InChI is InChI=1S/C37H43N3O3/c1-5-8-9-13-23-43-36-26-33(39(6-2)7-3)20-18-31(36)25-34(37(42)38-32-16-11-10-12-17-32)29-19-21-35-30(24-29)15-14-22-40(35)27-28(4)41/h10-12,14-22,24-26H,5-9,13,23,27H2,1-4H3/p+1/b34-25-. The number of ether oxygens (including phenoxy) is 1. The second-order valence-corrected chi connectivity index (χ2v) is 10.8. The van der Waals surface area contributed by atoms with Crippen LogP contribution >= 0.6 is 0 Å². The van der Waals surface area contributed by atoms with E-state index in [2.05, 4.69) is 43.1 Å². The Morgan fingerprint density at radius 1 is 0.884 bits per heavy atom. The molecule has 1 N–H and O–H groups in total. The van der Waals surface area contributed by atoms with Crippen molar-refractivity contribution in [2.75, 3.05) is 29.9 Å². The van der Waals surface area contributed by atoms with Crippen LogP contribution in [0.1, 0.15) is 64.5 Å². The predicted molar refractivity (Wildman–Crippen MR) is 177 cm³/mol. The van der Waals surface area contributed by atoms with E-state index < -0.39 is 0 Å². The number of hydrogen-bond acceptors (Lipinski definition) is 4. The van der Waals surface area contributed by atoms with Crippen molar-refractivity contribution in [3.8, 4) is 5.75 Å². The van der Waals surface area contributed by atoms with E-state index in [-0.39, 0.29) is 11.7 Å². The lowest BCUT2D eigenvalue weighted by atomic mass is 9.99. The van der Waals surface area contributed by atoms with Crippen LogP contribution in [-0.4, -0.2) is 31.4 Å². The van der Waals surface area contributed by atoms with Gasteiger partial charge in [-0.3, -0.25) is 9.59 Å². The summed E-state index contributed by atoms with van der Waals surface area (Å²) in [5.74, 6) is 0.644. The first-order valence-corrected chi connectivity index (χ1v) is 15.4. The highest BCUT2D eigenvalue weighted by Crippen LogP contribution is 2.31. The van der Waals surface area contributed by atoms with E-state index in [1.165, 1.54) is 12.8 Å². The van der Waals surface area contributed by atoms with Crippen molar-refractivity contribution in [2.45, 2.75) is 59.9 Å². The Balaban J connectivity index is 1.80. The van der Waals surface area contributed by atoms with Crippen LogP contribution in [0.5, 0.6) is 5.75 Å². The fourth-order valence-electron chi connectivity index (χ4n) is 5.24. The largest absolute Gasteiger partial charge is 0.493 e. The molecule has 43 heavy (non-hydrogen) atoms. The Kier molecular flexibility index (Phi) is 11.5. The third kappa shape index (κ3) is 8.54. The molecule has 6 nitrogen and oxygen atoms in total. The first-order chi connectivity index (χ1) is 20.9. The van der Waals surface area contributed by atoms with E-state index in [0.29, 0.717) is 18.7 Å². The Bertz CT molecular complexity index is 1560. The Labute approximate surface area is 256 Å². The lowest BCUT2D eigenvalue weighted by Gasteiger charge is -2.22. The van der Waals surface area contributed by atoms with E-state index in [0.717, 1.165) is 65.1 Å². The molecule has 1 amide bonds. The molecule has 0 unspecified atom stereocenters. The summed E-state index contributed by atoms with van der Waals surface area (Å²) in [4.78, 5) is 28.1. The van der Waals surface area contributed by atoms with Gasteiger partial charge in [0.15, 0.2) is 12.0 Å². The van der Waals surface area contributed by atoms with Gasteiger partial charge in [0.25, 0.3) is 5.91 Å². The van der Waals surface area contributed by atoms with Crippen molar-refractivity contribution < 1.29 is 18.9 Å². The topological polar surface area (TPSA) is 62.5 Å². The number of amides is 1. The van der Waals surface area contributed by atoms with Crippen LogP contribution in [0.25, 0.3) is 22.6 Å².